The highest BCUT2D eigenvalue weighted by Gasteiger charge is 2.32. The van der Waals surface area contributed by atoms with Gasteiger partial charge in [-0.3, -0.25) is 4.79 Å². The molecule has 2 aliphatic heterocycles. The summed E-state index contributed by atoms with van der Waals surface area (Å²) in [6.07, 6.45) is 7.05. The van der Waals surface area contributed by atoms with E-state index in [1.165, 1.54) is 30.0 Å². The van der Waals surface area contributed by atoms with Gasteiger partial charge in [-0.15, -0.1) is 0 Å². The maximum atomic E-state index is 13.5. The summed E-state index contributed by atoms with van der Waals surface area (Å²) in [5.41, 5.74) is 1.06. The molecule has 0 spiro atoms. The molecule has 10 heteroatoms. The van der Waals surface area contributed by atoms with Gasteiger partial charge in [-0.1, -0.05) is 49.6 Å². The zero-order valence-electron chi connectivity index (χ0n) is 23.1. The number of amides is 1. The van der Waals surface area contributed by atoms with Gasteiger partial charge in [0.05, 0.1) is 25.2 Å². The van der Waals surface area contributed by atoms with Gasteiger partial charge in [0.25, 0.3) is 5.91 Å². The van der Waals surface area contributed by atoms with Crippen molar-refractivity contribution in [1.82, 2.24) is 9.21 Å². The van der Waals surface area contributed by atoms with Crippen LogP contribution >= 0.6 is 0 Å². The lowest BCUT2D eigenvalue weighted by atomic mass is 9.93. The van der Waals surface area contributed by atoms with Crippen LogP contribution in [0.3, 0.4) is 0 Å². The molecule has 0 aliphatic carbocycles. The third-order valence-electron chi connectivity index (χ3n) is 7.33. The predicted molar refractivity (Wildman–Crippen MR) is 151 cm³/mol. The summed E-state index contributed by atoms with van der Waals surface area (Å²) in [5.74, 6) is 0.627. The summed E-state index contributed by atoms with van der Waals surface area (Å²) in [6.45, 7) is 1.06. The quantitative estimate of drug-likeness (QED) is 0.435. The number of benzene rings is 2. The highest BCUT2D eigenvalue weighted by Crippen LogP contribution is 2.32. The third kappa shape index (κ3) is 7.84. The minimum Gasteiger partial charge on any atom is -0.497 e. The van der Waals surface area contributed by atoms with Crippen LogP contribution < -0.4 is 4.74 Å². The zero-order valence-corrected chi connectivity index (χ0v) is 23.9. The van der Waals surface area contributed by atoms with Crippen LogP contribution in [0.25, 0.3) is 0 Å². The summed E-state index contributed by atoms with van der Waals surface area (Å²) >= 11 is 0. The first-order chi connectivity index (χ1) is 19.4. The van der Waals surface area contributed by atoms with Crippen molar-refractivity contribution in [2.75, 3.05) is 46.5 Å². The normalized spacial score (nSPS) is 20.3. The first kappa shape index (κ1) is 30.0. The number of aliphatic hydroxyl groups excluding tert-OH is 1. The van der Waals surface area contributed by atoms with Crippen molar-refractivity contribution in [2.24, 2.45) is 0 Å². The van der Waals surface area contributed by atoms with Gasteiger partial charge in [0.15, 0.2) is 5.76 Å². The number of ether oxygens (including phenoxy) is 3. The van der Waals surface area contributed by atoms with Crippen molar-refractivity contribution in [3.8, 4) is 5.75 Å². The molecule has 0 bridgehead atoms. The van der Waals surface area contributed by atoms with Crippen LogP contribution in [0.4, 0.5) is 0 Å². The number of sulfonamides is 1. The van der Waals surface area contributed by atoms with E-state index in [2.05, 4.69) is 0 Å². The number of rotatable bonds is 11. The standard InChI is InChI=1S/C30H40N2O7S/c1-37-26-12-14-27(15-13-26)40(35,36)32(18-20-33)19-21-38-29-23-25(24-10-6-5-7-11-24)22-28(39-29)30(34)31-16-8-3-2-4-9-17-31/h5-7,10-15,22,25,29,33H,2-4,8-9,16-21,23H2,1H3/t25-,29+/m0/s1. The number of nitrogens with zero attached hydrogens (tertiary/aromatic N) is 2. The minimum atomic E-state index is -3.87. The van der Waals surface area contributed by atoms with E-state index in [9.17, 15) is 18.3 Å². The van der Waals surface area contributed by atoms with Crippen molar-refractivity contribution >= 4 is 15.9 Å². The lowest BCUT2D eigenvalue weighted by molar-refractivity contribution is -0.153. The maximum absolute atomic E-state index is 13.5. The monoisotopic (exact) mass is 572 g/mol. The second-order valence-corrected chi connectivity index (χ2v) is 12.0. The molecule has 1 amide bonds. The summed E-state index contributed by atoms with van der Waals surface area (Å²) in [5, 5.41) is 9.55. The van der Waals surface area contributed by atoms with Crippen LogP contribution in [0.2, 0.25) is 0 Å². The van der Waals surface area contributed by atoms with E-state index < -0.39 is 16.3 Å². The highest BCUT2D eigenvalue weighted by molar-refractivity contribution is 7.89. The molecule has 218 valence electrons. The van der Waals surface area contributed by atoms with E-state index in [1.54, 1.807) is 12.1 Å². The molecule has 1 saturated heterocycles. The van der Waals surface area contributed by atoms with Gasteiger partial charge in [0.2, 0.25) is 16.3 Å². The summed E-state index contributed by atoms with van der Waals surface area (Å²) < 4.78 is 44.9. The van der Waals surface area contributed by atoms with Crippen molar-refractivity contribution < 1.29 is 32.5 Å². The lowest BCUT2D eigenvalue weighted by Crippen LogP contribution is -2.39. The molecular weight excluding hydrogens is 532 g/mol. The number of carbonyl (C=O) groups is 1. The lowest BCUT2D eigenvalue weighted by Gasteiger charge is -2.32. The van der Waals surface area contributed by atoms with Gasteiger partial charge in [-0.25, -0.2) is 8.42 Å². The molecule has 2 heterocycles. The number of aliphatic hydroxyl groups is 1. The second-order valence-electron chi connectivity index (χ2n) is 10.1. The topological polar surface area (TPSA) is 106 Å². The number of methoxy groups -OCH3 is 1. The number of carbonyl (C=O) groups excluding carboxylic acids is 1. The molecule has 0 radical (unpaired) electrons. The molecule has 0 unspecified atom stereocenters. The molecule has 1 N–H and O–H groups in total. The molecule has 2 aromatic carbocycles. The zero-order chi connectivity index (χ0) is 28.4. The molecule has 0 aromatic heterocycles. The SMILES string of the molecule is COc1ccc(S(=O)(=O)N(CCO)CCO[C@H]2C[C@@H](c3ccccc3)C=C(C(=O)N3CCCCCCC3)O2)cc1. The minimum absolute atomic E-state index is 0.0178. The van der Waals surface area contributed by atoms with Crippen molar-refractivity contribution in [2.45, 2.75) is 55.6 Å². The Balaban J connectivity index is 1.45. The van der Waals surface area contributed by atoms with Gasteiger partial charge in [-0.05, 0) is 48.7 Å². The average Bonchev–Trinajstić information content (AvgIpc) is 2.96. The number of hydrogen-bond donors (Lipinski definition) is 1. The van der Waals surface area contributed by atoms with Gasteiger partial charge in [-0.2, -0.15) is 4.31 Å². The largest absolute Gasteiger partial charge is 0.497 e. The summed E-state index contributed by atoms with van der Waals surface area (Å²) in [6, 6.07) is 16.0. The molecule has 9 nitrogen and oxygen atoms in total. The predicted octanol–water partition coefficient (Wildman–Crippen LogP) is 3.90. The molecule has 2 aliphatic rings. The molecule has 2 atom stereocenters. The van der Waals surface area contributed by atoms with Crippen molar-refractivity contribution in [1.29, 1.82) is 0 Å². The average molecular weight is 573 g/mol. The fourth-order valence-electron chi connectivity index (χ4n) is 5.10. The van der Waals surface area contributed by atoms with Crippen LogP contribution in [-0.4, -0.2) is 81.4 Å². The smallest absolute Gasteiger partial charge is 0.288 e. The molecule has 40 heavy (non-hydrogen) atoms. The number of likely N-dealkylation sites (tertiary alicyclic amines) is 1. The van der Waals surface area contributed by atoms with Crippen molar-refractivity contribution in [3.05, 3.63) is 72.0 Å². The Morgan fingerprint density at radius 3 is 2.33 bits per heavy atom. The Bertz CT molecular complexity index is 1210. The number of hydrogen-bond acceptors (Lipinski definition) is 7. The molecule has 0 saturated carbocycles. The maximum Gasteiger partial charge on any atom is 0.288 e. The fourth-order valence-corrected chi connectivity index (χ4v) is 6.51. The van der Waals surface area contributed by atoms with Gasteiger partial charge >= 0.3 is 0 Å². The molecule has 1 fully saturated rings. The summed E-state index contributed by atoms with van der Waals surface area (Å²) in [7, 11) is -2.35. The van der Waals surface area contributed by atoms with E-state index >= 15 is 0 Å². The van der Waals surface area contributed by atoms with Crippen LogP contribution in [-0.2, 0) is 24.3 Å². The van der Waals surface area contributed by atoms with Gasteiger partial charge in [0.1, 0.15) is 5.75 Å². The number of allylic oxidation sites excluding steroid dienone is 1. The van der Waals surface area contributed by atoms with E-state index in [4.69, 9.17) is 14.2 Å². The van der Waals surface area contributed by atoms with Gasteiger partial charge in [0, 0.05) is 38.5 Å². The first-order valence-corrected chi connectivity index (χ1v) is 15.5. The van der Waals surface area contributed by atoms with E-state index in [0.717, 1.165) is 31.2 Å². The van der Waals surface area contributed by atoms with E-state index in [-0.39, 0.29) is 48.8 Å². The van der Waals surface area contributed by atoms with Crippen LogP contribution in [0, 0.1) is 0 Å². The van der Waals surface area contributed by atoms with E-state index in [0.29, 0.717) is 25.3 Å². The van der Waals surface area contributed by atoms with Crippen molar-refractivity contribution in [3.63, 3.8) is 0 Å². The second kappa shape index (κ2) is 14.6. The Kier molecular flexibility index (Phi) is 11.0. The molecular formula is C30H40N2O7S. The third-order valence-corrected chi connectivity index (χ3v) is 9.24. The van der Waals surface area contributed by atoms with Gasteiger partial charge < -0.3 is 24.2 Å². The Labute approximate surface area is 237 Å². The Morgan fingerprint density at radius 2 is 1.68 bits per heavy atom. The highest BCUT2D eigenvalue weighted by atomic mass is 32.2. The van der Waals surface area contributed by atoms with Crippen LogP contribution in [0.5, 0.6) is 5.75 Å². The Morgan fingerprint density at radius 1 is 1.00 bits per heavy atom. The Hall–Kier alpha value is -2.92. The van der Waals surface area contributed by atoms with E-state index in [1.807, 2.05) is 41.3 Å². The van der Waals surface area contributed by atoms with Crippen LogP contribution in [0.15, 0.2) is 71.3 Å². The molecule has 2 aromatic rings. The van der Waals surface area contributed by atoms with Crippen LogP contribution in [0.1, 0.15) is 50.0 Å². The summed E-state index contributed by atoms with van der Waals surface area (Å²) in [4.78, 5) is 15.5. The first-order valence-electron chi connectivity index (χ1n) is 14.0. The molecule has 4 rings (SSSR count). The fraction of sp³-hybridized carbons (Fsp3) is 0.500.